The van der Waals surface area contributed by atoms with Gasteiger partial charge in [0.15, 0.2) is 17.5 Å². The van der Waals surface area contributed by atoms with Crippen LogP contribution in [-0.4, -0.2) is 36.3 Å². The zero-order valence-electron chi connectivity index (χ0n) is 15.6. The minimum absolute atomic E-state index is 0.182. The van der Waals surface area contributed by atoms with E-state index in [0.717, 1.165) is 23.3 Å². The van der Waals surface area contributed by atoms with Crippen LogP contribution in [0.1, 0.15) is 17.5 Å². The van der Waals surface area contributed by atoms with Crippen LogP contribution in [0.5, 0.6) is 0 Å². The molecule has 4 rings (SSSR count). The van der Waals surface area contributed by atoms with Crippen molar-refractivity contribution in [1.29, 1.82) is 0 Å². The van der Waals surface area contributed by atoms with Crippen LogP contribution in [-0.2, 0) is 22.5 Å². The summed E-state index contributed by atoms with van der Waals surface area (Å²) in [5.74, 6) is -3.87. The Labute approximate surface area is 166 Å². The van der Waals surface area contributed by atoms with Crippen LogP contribution in [0.15, 0.2) is 54.1 Å². The third kappa shape index (κ3) is 4.29. The number of nitrogens with zero attached hydrogens (tertiary/aromatic N) is 1. The fraction of sp³-hybridized carbons (Fsp3) is 0.318. The summed E-state index contributed by atoms with van der Waals surface area (Å²) >= 11 is 0. The predicted molar refractivity (Wildman–Crippen MR) is 99.6 cm³/mol. The van der Waals surface area contributed by atoms with Gasteiger partial charge in [-0.15, -0.1) is 0 Å². The van der Waals surface area contributed by atoms with Crippen LogP contribution in [0, 0.1) is 17.5 Å². The summed E-state index contributed by atoms with van der Waals surface area (Å²) in [4.78, 5) is 14.3. The Kier molecular flexibility index (Phi) is 5.58. The fourth-order valence-corrected chi connectivity index (χ4v) is 3.87. The topological polar surface area (TPSA) is 38.8 Å². The van der Waals surface area contributed by atoms with Crippen LogP contribution in [0.3, 0.4) is 0 Å². The highest BCUT2D eigenvalue weighted by molar-refractivity contribution is 5.69. The fourth-order valence-electron chi connectivity index (χ4n) is 3.87. The first-order valence-electron chi connectivity index (χ1n) is 9.41. The molecule has 7 heteroatoms. The van der Waals surface area contributed by atoms with Crippen molar-refractivity contribution in [1.82, 2.24) is 4.90 Å². The molecule has 0 aromatic heterocycles. The van der Waals surface area contributed by atoms with Crippen molar-refractivity contribution in [2.75, 3.05) is 13.2 Å². The Morgan fingerprint density at radius 3 is 2.48 bits per heavy atom. The third-order valence-electron chi connectivity index (χ3n) is 5.17. The van der Waals surface area contributed by atoms with Crippen LogP contribution < -0.4 is 0 Å². The lowest BCUT2D eigenvalue weighted by atomic mass is 9.90. The van der Waals surface area contributed by atoms with E-state index in [-0.39, 0.29) is 25.1 Å². The first-order chi connectivity index (χ1) is 14.0. The molecule has 2 atom stereocenters. The minimum Gasteiger partial charge on any atom is -0.445 e. The lowest BCUT2D eigenvalue weighted by Crippen LogP contribution is -2.56. The number of carbonyl (C=O) groups excluding carboxylic acids is 1. The molecule has 152 valence electrons. The maximum Gasteiger partial charge on any atom is 0.411 e. The van der Waals surface area contributed by atoms with E-state index in [1.807, 2.05) is 36.4 Å². The molecule has 2 aliphatic rings. The van der Waals surface area contributed by atoms with Crippen molar-refractivity contribution in [3.8, 4) is 0 Å². The Bertz CT molecular complexity index is 909. The van der Waals surface area contributed by atoms with E-state index in [4.69, 9.17) is 9.47 Å². The monoisotopic (exact) mass is 403 g/mol. The van der Waals surface area contributed by atoms with E-state index in [0.29, 0.717) is 25.2 Å². The molecule has 2 aromatic rings. The van der Waals surface area contributed by atoms with Gasteiger partial charge in [0.1, 0.15) is 6.61 Å². The number of hydrogen-bond acceptors (Lipinski definition) is 3. The van der Waals surface area contributed by atoms with Gasteiger partial charge in [-0.1, -0.05) is 42.0 Å². The summed E-state index contributed by atoms with van der Waals surface area (Å²) in [6.45, 7) is 0.869. The SMILES string of the molecule is O=C(OCc1ccccc1)N1C2C=C(Cc3cc(F)c(F)c(F)c3)CC1COC2. The highest BCUT2D eigenvalue weighted by atomic mass is 19.2. The highest BCUT2D eigenvalue weighted by Gasteiger charge is 2.38. The molecule has 2 aliphatic heterocycles. The number of amides is 1. The van der Waals surface area contributed by atoms with E-state index in [2.05, 4.69) is 0 Å². The van der Waals surface area contributed by atoms with Crippen molar-refractivity contribution >= 4 is 6.09 Å². The number of rotatable bonds is 4. The maximum absolute atomic E-state index is 13.5. The van der Waals surface area contributed by atoms with Gasteiger partial charge in [-0.05, 0) is 36.1 Å². The van der Waals surface area contributed by atoms with Gasteiger partial charge < -0.3 is 9.47 Å². The summed E-state index contributed by atoms with van der Waals surface area (Å²) in [6, 6.07) is 10.9. The number of halogens is 3. The van der Waals surface area contributed by atoms with E-state index in [9.17, 15) is 18.0 Å². The molecule has 0 spiro atoms. The normalized spacial score (nSPS) is 20.9. The van der Waals surface area contributed by atoms with E-state index >= 15 is 0 Å². The third-order valence-corrected chi connectivity index (χ3v) is 5.17. The average molecular weight is 403 g/mol. The standard InChI is InChI=1S/C22H20F3NO3/c23-19-9-16(10-20(24)21(19)25)6-15-7-17-12-28-13-18(8-15)26(17)22(27)29-11-14-4-2-1-3-5-14/h1-5,7,9-10,17-18H,6,8,11-13H2. The van der Waals surface area contributed by atoms with Gasteiger partial charge in [-0.2, -0.15) is 0 Å². The van der Waals surface area contributed by atoms with Crippen molar-refractivity contribution in [3.05, 3.63) is 82.7 Å². The summed E-state index contributed by atoms with van der Waals surface area (Å²) in [7, 11) is 0. The molecule has 0 N–H and O–H groups in total. The van der Waals surface area contributed by atoms with Crippen LogP contribution in [0.2, 0.25) is 0 Å². The first kappa shape index (κ1) is 19.5. The molecule has 0 saturated carbocycles. The largest absolute Gasteiger partial charge is 0.445 e. The van der Waals surface area contributed by atoms with Gasteiger partial charge in [-0.3, -0.25) is 4.90 Å². The van der Waals surface area contributed by atoms with Gasteiger partial charge in [0.25, 0.3) is 0 Å². The van der Waals surface area contributed by atoms with Crippen LogP contribution in [0.4, 0.5) is 18.0 Å². The summed E-state index contributed by atoms with van der Waals surface area (Å²) in [5.41, 5.74) is 2.18. The molecule has 2 unspecified atom stereocenters. The summed E-state index contributed by atoms with van der Waals surface area (Å²) < 4.78 is 51.2. The average Bonchev–Trinajstić information content (AvgIpc) is 2.70. The second kappa shape index (κ2) is 8.29. The first-order valence-corrected chi connectivity index (χ1v) is 9.41. The number of hydrogen-bond donors (Lipinski definition) is 0. The summed E-state index contributed by atoms with van der Waals surface area (Å²) in [6.07, 6.45) is 2.24. The van der Waals surface area contributed by atoms with E-state index in [1.54, 1.807) is 4.90 Å². The summed E-state index contributed by atoms with van der Waals surface area (Å²) in [5, 5.41) is 0. The molecule has 0 aliphatic carbocycles. The Hall–Kier alpha value is -2.80. The second-order valence-corrected chi connectivity index (χ2v) is 7.29. The van der Waals surface area contributed by atoms with Gasteiger partial charge in [0.2, 0.25) is 0 Å². The molecule has 2 aromatic carbocycles. The quantitative estimate of drug-likeness (QED) is 0.562. The zero-order valence-corrected chi connectivity index (χ0v) is 15.6. The Morgan fingerprint density at radius 2 is 1.79 bits per heavy atom. The molecule has 1 saturated heterocycles. The molecule has 2 heterocycles. The zero-order chi connectivity index (χ0) is 20.4. The molecule has 1 amide bonds. The van der Waals surface area contributed by atoms with Gasteiger partial charge in [0, 0.05) is 0 Å². The molecule has 0 radical (unpaired) electrons. The number of fused-ring (bicyclic) bond motifs is 2. The molecule has 2 bridgehead atoms. The van der Waals surface area contributed by atoms with Crippen molar-refractivity contribution in [2.45, 2.75) is 31.5 Å². The van der Waals surface area contributed by atoms with E-state index in [1.165, 1.54) is 0 Å². The number of benzene rings is 2. The van der Waals surface area contributed by atoms with Gasteiger partial charge in [-0.25, -0.2) is 18.0 Å². The number of morpholine rings is 1. The highest BCUT2D eigenvalue weighted by Crippen LogP contribution is 2.30. The molecular formula is C22H20F3NO3. The van der Waals surface area contributed by atoms with Crippen molar-refractivity contribution in [2.24, 2.45) is 0 Å². The molecule has 1 fully saturated rings. The van der Waals surface area contributed by atoms with Crippen molar-refractivity contribution in [3.63, 3.8) is 0 Å². The predicted octanol–water partition coefficient (Wildman–Crippen LogP) is 4.38. The number of carbonyl (C=O) groups is 1. The van der Waals surface area contributed by atoms with Gasteiger partial charge in [0.05, 0.1) is 25.3 Å². The van der Waals surface area contributed by atoms with Crippen LogP contribution in [0.25, 0.3) is 0 Å². The van der Waals surface area contributed by atoms with Crippen molar-refractivity contribution < 1.29 is 27.4 Å². The Morgan fingerprint density at radius 1 is 1.07 bits per heavy atom. The smallest absolute Gasteiger partial charge is 0.411 e. The number of ether oxygens (including phenoxy) is 2. The van der Waals surface area contributed by atoms with Crippen LogP contribution >= 0.6 is 0 Å². The van der Waals surface area contributed by atoms with Gasteiger partial charge >= 0.3 is 6.09 Å². The minimum atomic E-state index is -1.47. The maximum atomic E-state index is 13.5. The molecule has 29 heavy (non-hydrogen) atoms. The second-order valence-electron chi connectivity index (χ2n) is 7.29. The lowest BCUT2D eigenvalue weighted by Gasteiger charge is -2.43. The molecule has 4 nitrogen and oxygen atoms in total. The van der Waals surface area contributed by atoms with E-state index < -0.39 is 23.5 Å². The Balaban J connectivity index is 1.46. The molecular weight excluding hydrogens is 383 g/mol. The lowest BCUT2D eigenvalue weighted by molar-refractivity contribution is -0.0374.